The number of aliphatic carboxylic acids is 1. The van der Waals surface area contributed by atoms with Gasteiger partial charge in [-0.1, -0.05) is 30.3 Å². The van der Waals surface area contributed by atoms with E-state index in [4.69, 9.17) is 0 Å². The Balaban J connectivity index is 2.16. The number of amides is 1. The molecular weight excluding hydrogens is 282 g/mol. The Morgan fingerprint density at radius 2 is 1.95 bits per heavy atom. The van der Waals surface area contributed by atoms with E-state index < -0.39 is 12.0 Å². The predicted octanol–water partition coefficient (Wildman–Crippen LogP) is 1.46. The molecule has 0 saturated heterocycles. The van der Waals surface area contributed by atoms with Gasteiger partial charge < -0.3 is 10.0 Å². The van der Waals surface area contributed by atoms with Crippen LogP contribution in [0.4, 0.5) is 0 Å². The topological polar surface area (TPSA) is 75.4 Å². The quantitative estimate of drug-likeness (QED) is 0.876. The molecule has 0 radical (unpaired) electrons. The Morgan fingerprint density at radius 3 is 2.50 bits per heavy atom. The fraction of sp³-hybridized carbons (Fsp3) is 0.312. The van der Waals surface area contributed by atoms with Gasteiger partial charge in [-0.3, -0.25) is 9.48 Å². The van der Waals surface area contributed by atoms with Crippen LogP contribution in [-0.2, 0) is 29.6 Å². The van der Waals surface area contributed by atoms with E-state index in [2.05, 4.69) is 5.10 Å². The molecule has 1 amide bonds. The van der Waals surface area contributed by atoms with Crippen molar-refractivity contribution in [2.24, 2.45) is 7.05 Å². The van der Waals surface area contributed by atoms with Gasteiger partial charge in [-0.15, -0.1) is 0 Å². The third kappa shape index (κ3) is 3.94. The van der Waals surface area contributed by atoms with Crippen LogP contribution in [0, 0.1) is 0 Å². The summed E-state index contributed by atoms with van der Waals surface area (Å²) < 4.78 is 1.62. The lowest BCUT2D eigenvalue weighted by Gasteiger charge is -2.26. The van der Waals surface area contributed by atoms with E-state index in [-0.39, 0.29) is 18.9 Å². The molecule has 1 aromatic carbocycles. The first-order valence-electron chi connectivity index (χ1n) is 7.01. The summed E-state index contributed by atoms with van der Waals surface area (Å²) in [5.74, 6) is -1.25. The maximum absolute atomic E-state index is 12.5. The molecule has 0 bridgehead atoms. The van der Waals surface area contributed by atoms with Crippen molar-refractivity contribution in [3.63, 3.8) is 0 Å². The molecule has 0 fully saturated rings. The monoisotopic (exact) mass is 301 g/mol. The minimum atomic E-state index is -1.02. The summed E-state index contributed by atoms with van der Waals surface area (Å²) in [5.41, 5.74) is 1.67. The number of aromatic nitrogens is 2. The molecule has 6 heteroatoms. The number of carbonyl (C=O) groups is 2. The predicted molar refractivity (Wildman–Crippen MR) is 81.0 cm³/mol. The molecule has 1 aromatic heterocycles. The van der Waals surface area contributed by atoms with Gasteiger partial charge in [0, 0.05) is 19.8 Å². The number of benzene rings is 1. The van der Waals surface area contributed by atoms with Gasteiger partial charge >= 0.3 is 5.97 Å². The zero-order valence-electron chi connectivity index (χ0n) is 12.6. The van der Waals surface area contributed by atoms with E-state index in [1.807, 2.05) is 30.3 Å². The first kappa shape index (κ1) is 15.8. The maximum atomic E-state index is 12.5. The number of hydrogen-bond donors (Lipinski definition) is 1. The Kier molecular flexibility index (Phi) is 4.93. The number of rotatable bonds is 6. The molecule has 0 aliphatic heterocycles. The number of nitrogens with zero attached hydrogens (tertiary/aromatic N) is 3. The average Bonchev–Trinajstić information content (AvgIpc) is 2.90. The smallest absolute Gasteiger partial charge is 0.326 e. The van der Waals surface area contributed by atoms with Crippen LogP contribution in [0.2, 0.25) is 0 Å². The van der Waals surface area contributed by atoms with E-state index >= 15 is 0 Å². The van der Waals surface area contributed by atoms with Gasteiger partial charge in [0.25, 0.3) is 0 Å². The Hall–Kier alpha value is -2.63. The zero-order chi connectivity index (χ0) is 16.1. The lowest BCUT2D eigenvalue weighted by atomic mass is 10.1. The second-order valence-electron chi connectivity index (χ2n) is 5.22. The van der Waals surface area contributed by atoms with Gasteiger partial charge in [0.05, 0.1) is 12.6 Å². The maximum Gasteiger partial charge on any atom is 0.326 e. The molecule has 1 unspecified atom stereocenters. The lowest BCUT2D eigenvalue weighted by Crippen LogP contribution is -2.43. The number of carboxylic acids is 1. The highest BCUT2D eigenvalue weighted by molar-refractivity contribution is 5.84. The van der Waals surface area contributed by atoms with Gasteiger partial charge in [0.1, 0.15) is 6.04 Å². The molecule has 2 aromatic rings. The summed E-state index contributed by atoms with van der Waals surface area (Å²) in [4.78, 5) is 25.2. The minimum Gasteiger partial charge on any atom is -0.480 e. The van der Waals surface area contributed by atoms with E-state index in [0.717, 1.165) is 11.1 Å². The summed E-state index contributed by atoms with van der Waals surface area (Å²) in [6, 6.07) is 8.48. The van der Waals surface area contributed by atoms with Crippen molar-refractivity contribution in [3.05, 3.63) is 53.9 Å². The number of aryl methyl sites for hydroxylation is 1. The van der Waals surface area contributed by atoms with Crippen LogP contribution in [0.3, 0.4) is 0 Å². The molecule has 116 valence electrons. The van der Waals surface area contributed by atoms with Crippen molar-refractivity contribution in [1.29, 1.82) is 0 Å². The van der Waals surface area contributed by atoms with Crippen LogP contribution < -0.4 is 0 Å². The standard InChI is InChI=1S/C16H19N3O3/c1-12(16(21)22)19(11-13-6-4-3-5-7-13)15(20)8-14-9-17-18(2)10-14/h3-7,9-10,12H,8,11H2,1-2H3,(H,21,22). The number of carboxylic acid groups (broad SMARTS) is 1. The second kappa shape index (κ2) is 6.89. The fourth-order valence-corrected chi connectivity index (χ4v) is 2.19. The molecule has 2 rings (SSSR count). The highest BCUT2D eigenvalue weighted by Crippen LogP contribution is 2.12. The molecule has 22 heavy (non-hydrogen) atoms. The summed E-state index contributed by atoms with van der Waals surface area (Å²) in [7, 11) is 1.77. The highest BCUT2D eigenvalue weighted by Gasteiger charge is 2.25. The molecule has 0 aliphatic rings. The first-order chi connectivity index (χ1) is 10.5. The molecule has 1 heterocycles. The summed E-state index contributed by atoms with van der Waals surface area (Å²) in [6.07, 6.45) is 3.51. The molecule has 1 N–H and O–H groups in total. The van der Waals surface area contributed by atoms with Crippen LogP contribution in [0.25, 0.3) is 0 Å². The molecule has 1 atom stereocenters. The Labute approximate surface area is 129 Å². The number of carbonyl (C=O) groups excluding carboxylic acids is 1. The van der Waals surface area contributed by atoms with E-state index in [0.29, 0.717) is 0 Å². The molecular formula is C16H19N3O3. The van der Waals surface area contributed by atoms with E-state index in [1.54, 1.807) is 24.1 Å². The van der Waals surface area contributed by atoms with Crippen LogP contribution in [0.1, 0.15) is 18.1 Å². The van der Waals surface area contributed by atoms with Gasteiger partial charge in [0.15, 0.2) is 0 Å². The van der Waals surface area contributed by atoms with E-state index in [1.165, 1.54) is 11.8 Å². The van der Waals surface area contributed by atoms with Crippen LogP contribution in [-0.4, -0.2) is 37.7 Å². The molecule has 6 nitrogen and oxygen atoms in total. The van der Waals surface area contributed by atoms with Crippen LogP contribution in [0.15, 0.2) is 42.7 Å². The summed E-state index contributed by atoms with van der Waals surface area (Å²) >= 11 is 0. The van der Waals surface area contributed by atoms with E-state index in [9.17, 15) is 14.7 Å². The first-order valence-corrected chi connectivity index (χ1v) is 7.01. The van der Waals surface area contributed by atoms with Gasteiger partial charge in [-0.05, 0) is 18.1 Å². The van der Waals surface area contributed by atoms with Crippen molar-refractivity contribution >= 4 is 11.9 Å². The molecule has 0 aliphatic carbocycles. The largest absolute Gasteiger partial charge is 0.480 e. The van der Waals surface area contributed by atoms with Crippen molar-refractivity contribution in [3.8, 4) is 0 Å². The second-order valence-corrected chi connectivity index (χ2v) is 5.22. The molecule has 0 spiro atoms. The van der Waals surface area contributed by atoms with Crippen molar-refractivity contribution in [2.45, 2.75) is 25.9 Å². The SMILES string of the molecule is CC(C(=O)O)N(Cc1ccccc1)C(=O)Cc1cnn(C)c1. The van der Waals surface area contributed by atoms with Crippen molar-refractivity contribution in [2.75, 3.05) is 0 Å². The van der Waals surface area contributed by atoms with Crippen LogP contribution >= 0.6 is 0 Å². The Morgan fingerprint density at radius 1 is 1.27 bits per heavy atom. The van der Waals surface area contributed by atoms with Gasteiger partial charge in [0.2, 0.25) is 5.91 Å². The lowest BCUT2D eigenvalue weighted by molar-refractivity contribution is -0.149. The third-order valence-electron chi connectivity index (χ3n) is 3.45. The average molecular weight is 301 g/mol. The van der Waals surface area contributed by atoms with Crippen molar-refractivity contribution < 1.29 is 14.7 Å². The summed E-state index contributed by atoms with van der Waals surface area (Å²) in [5, 5.41) is 13.3. The summed E-state index contributed by atoms with van der Waals surface area (Å²) in [6.45, 7) is 1.79. The van der Waals surface area contributed by atoms with Crippen molar-refractivity contribution in [1.82, 2.24) is 14.7 Å². The number of hydrogen-bond acceptors (Lipinski definition) is 3. The van der Waals surface area contributed by atoms with Crippen LogP contribution in [0.5, 0.6) is 0 Å². The molecule has 0 saturated carbocycles. The zero-order valence-corrected chi connectivity index (χ0v) is 12.6. The highest BCUT2D eigenvalue weighted by atomic mass is 16.4. The Bertz CT molecular complexity index is 652. The van der Waals surface area contributed by atoms with Gasteiger partial charge in [-0.25, -0.2) is 4.79 Å². The minimum absolute atomic E-state index is 0.137. The normalized spacial score (nSPS) is 11.9. The van der Waals surface area contributed by atoms with Gasteiger partial charge in [-0.2, -0.15) is 5.10 Å². The fourth-order valence-electron chi connectivity index (χ4n) is 2.19. The third-order valence-corrected chi connectivity index (χ3v) is 3.45.